The highest BCUT2D eigenvalue weighted by molar-refractivity contribution is 5.93. The molecule has 1 atom stereocenters. The summed E-state index contributed by atoms with van der Waals surface area (Å²) in [5.74, 6) is 1.67. The molecule has 1 heteroatoms. The zero-order valence-corrected chi connectivity index (χ0v) is 30.6. The minimum absolute atomic E-state index is 0.369. The fourth-order valence-electron chi connectivity index (χ4n) is 7.73. The van der Waals surface area contributed by atoms with Gasteiger partial charge in [-0.3, -0.25) is 0 Å². The van der Waals surface area contributed by atoms with Gasteiger partial charge in [0.2, 0.25) is 0 Å². The summed E-state index contributed by atoms with van der Waals surface area (Å²) < 4.78 is 0. The van der Waals surface area contributed by atoms with Crippen molar-refractivity contribution < 1.29 is 0 Å². The first-order valence-electron chi connectivity index (χ1n) is 18.0. The van der Waals surface area contributed by atoms with E-state index in [-0.39, 0.29) is 0 Å². The molecule has 3 aliphatic rings. The molecule has 1 nitrogen and oxygen atoms in total. The predicted molar refractivity (Wildman–Crippen MR) is 211 cm³/mol. The van der Waals surface area contributed by atoms with E-state index in [1.165, 1.54) is 83.9 Å². The van der Waals surface area contributed by atoms with Crippen LogP contribution in [0, 0.1) is 11.8 Å². The summed E-state index contributed by atoms with van der Waals surface area (Å²) in [5.41, 5.74) is 20.2. The summed E-state index contributed by atoms with van der Waals surface area (Å²) in [6.07, 6.45) is 20.4. The molecule has 0 amide bonds. The largest absolute Gasteiger partial charge is 0.310 e. The van der Waals surface area contributed by atoms with Crippen LogP contribution in [0.5, 0.6) is 0 Å². The van der Waals surface area contributed by atoms with E-state index in [4.69, 9.17) is 0 Å². The van der Waals surface area contributed by atoms with Gasteiger partial charge in [0.05, 0.1) is 11.4 Å². The zero-order chi connectivity index (χ0) is 34.3. The average molecular weight is 632 g/mol. The van der Waals surface area contributed by atoms with E-state index in [1.54, 1.807) is 0 Å². The molecule has 3 aliphatic carbocycles. The molecular weight excluding hydrogens is 579 g/mol. The molecule has 48 heavy (non-hydrogen) atoms. The van der Waals surface area contributed by atoms with Gasteiger partial charge in [0.1, 0.15) is 0 Å². The van der Waals surface area contributed by atoms with Gasteiger partial charge in [-0.15, -0.1) is 0 Å². The Hall–Kier alpha value is -4.36. The van der Waals surface area contributed by atoms with Crippen molar-refractivity contribution in [2.45, 2.75) is 87.0 Å². The van der Waals surface area contributed by atoms with Gasteiger partial charge in [-0.25, -0.2) is 0 Å². The summed E-state index contributed by atoms with van der Waals surface area (Å²) in [6.45, 7) is 24.9. The van der Waals surface area contributed by atoms with Crippen molar-refractivity contribution in [3.8, 4) is 0 Å². The van der Waals surface area contributed by atoms with Crippen molar-refractivity contribution in [1.82, 2.24) is 0 Å². The standard InChI is InChI=1S/C47H53N/c1-11-14-35-27-45-39(38(35)12-2)15-13-16-46(45)48(37-21-18-34(19-22-37)29(3)4)47-28-43(31(7)8)40-23-17-32(9)33(10)25-42(30(5)6)36-20-24-41(47)44(40)26-36/h11-25,28-32H,2,26-27H2,1,3-10H3/b14-11-,23-17-,33-25-,42-36+. The molecule has 0 heterocycles. The normalized spacial score (nSPS) is 20.5. The fourth-order valence-corrected chi connectivity index (χ4v) is 7.73. The second-order valence-electron chi connectivity index (χ2n) is 14.8. The molecule has 0 saturated carbocycles. The maximum absolute atomic E-state index is 4.23. The highest BCUT2D eigenvalue weighted by Gasteiger charge is 2.30. The van der Waals surface area contributed by atoms with E-state index in [0.29, 0.717) is 23.7 Å². The van der Waals surface area contributed by atoms with E-state index in [9.17, 15) is 0 Å². The highest BCUT2D eigenvalue weighted by atomic mass is 15.1. The molecule has 0 saturated heterocycles. The third-order valence-corrected chi connectivity index (χ3v) is 10.6. The van der Waals surface area contributed by atoms with Crippen LogP contribution in [0.25, 0.3) is 17.7 Å². The lowest BCUT2D eigenvalue weighted by Crippen LogP contribution is -2.18. The molecule has 0 radical (unpaired) electrons. The third kappa shape index (κ3) is 6.05. The molecule has 2 bridgehead atoms. The van der Waals surface area contributed by atoms with E-state index >= 15 is 0 Å². The van der Waals surface area contributed by atoms with Gasteiger partial charge < -0.3 is 4.90 Å². The Morgan fingerprint density at radius 2 is 1.56 bits per heavy atom. The monoisotopic (exact) mass is 631 g/mol. The van der Waals surface area contributed by atoms with E-state index in [0.717, 1.165) is 12.8 Å². The first-order chi connectivity index (χ1) is 23.0. The summed E-state index contributed by atoms with van der Waals surface area (Å²) in [4.78, 5) is 2.56. The van der Waals surface area contributed by atoms with Crippen LogP contribution in [-0.4, -0.2) is 0 Å². The number of hydrogen-bond donors (Lipinski definition) is 0. The molecular formula is C47H53N. The smallest absolute Gasteiger partial charge is 0.0540 e. The minimum atomic E-state index is 0.369. The Balaban J connectivity index is 1.67. The van der Waals surface area contributed by atoms with E-state index < -0.39 is 0 Å². The van der Waals surface area contributed by atoms with Crippen molar-refractivity contribution in [2.75, 3.05) is 4.90 Å². The van der Waals surface area contributed by atoms with E-state index in [2.05, 4.69) is 165 Å². The Morgan fingerprint density at radius 3 is 2.21 bits per heavy atom. The highest BCUT2D eigenvalue weighted by Crippen LogP contribution is 2.49. The quantitative estimate of drug-likeness (QED) is 0.239. The molecule has 0 aromatic heterocycles. The van der Waals surface area contributed by atoms with Crippen molar-refractivity contribution in [2.24, 2.45) is 11.8 Å². The van der Waals surface area contributed by atoms with Gasteiger partial charge >= 0.3 is 0 Å². The molecule has 3 aromatic rings. The second kappa shape index (κ2) is 13.6. The fraction of sp³-hybridized carbons (Fsp3) is 0.319. The Kier molecular flexibility index (Phi) is 9.53. The first-order valence-corrected chi connectivity index (χ1v) is 18.0. The second-order valence-corrected chi connectivity index (χ2v) is 14.8. The topological polar surface area (TPSA) is 3.24 Å². The van der Waals surface area contributed by atoms with Crippen molar-refractivity contribution in [1.29, 1.82) is 0 Å². The number of fused-ring (bicyclic) bond motifs is 2. The zero-order valence-electron chi connectivity index (χ0n) is 30.6. The molecule has 1 unspecified atom stereocenters. The Labute approximate surface area is 290 Å². The van der Waals surface area contributed by atoms with Crippen LogP contribution in [0.15, 0.2) is 114 Å². The Bertz CT molecular complexity index is 1930. The molecule has 0 N–H and O–H groups in total. The van der Waals surface area contributed by atoms with Crippen LogP contribution in [0.4, 0.5) is 17.1 Å². The van der Waals surface area contributed by atoms with Crippen LogP contribution in [0.1, 0.15) is 113 Å². The SMILES string of the molecule is C=CC1=C(/C=C\C)Cc2c1cccc2N(c1ccc(C(C)C)cc1)c1cc(C(C)C)c2c3c1C=C/C(=C(C(C)C)/C=C(/C)C(C)/C=C\2)C3. The molecule has 6 rings (SSSR count). The lowest BCUT2D eigenvalue weighted by molar-refractivity contribution is 0.766. The maximum atomic E-state index is 4.23. The van der Waals surface area contributed by atoms with Crippen LogP contribution < -0.4 is 4.90 Å². The van der Waals surface area contributed by atoms with Crippen LogP contribution in [0.2, 0.25) is 0 Å². The molecule has 246 valence electrons. The number of benzene rings is 3. The Morgan fingerprint density at radius 1 is 0.812 bits per heavy atom. The van der Waals surface area contributed by atoms with Gasteiger partial charge in [0.25, 0.3) is 0 Å². The van der Waals surface area contributed by atoms with Crippen LogP contribution >= 0.6 is 0 Å². The number of anilines is 3. The van der Waals surface area contributed by atoms with Gasteiger partial charge in [-0.2, -0.15) is 0 Å². The molecule has 0 aliphatic heterocycles. The number of rotatable bonds is 8. The van der Waals surface area contributed by atoms with Crippen molar-refractivity contribution in [3.63, 3.8) is 0 Å². The van der Waals surface area contributed by atoms with Crippen molar-refractivity contribution >= 4 is 34.8 Å². The lowest BCUT2D eigenvalue weighted by Gasteiger charge is -2.34. The third-order valence-electron chi connectivity index (χ3n) is 10.6. The minimum Gasteiger partial charge on any atom is -0.310 e. The summed E-state index contributed by atoms with van der Waals surface area (Å²) in [7, 11) is 0. The van der Waals surface area contributed by atoms with E-state index in [1.807, 2.05) is 6.08 Å². The predicted octanol–water partition coefficient (Wildman–Crippen LogP) is 13.6. The van der Waals surface area contributed by atoms with Gasteiger partial charge in [-0.05, 0) is 124 Å². The maximum Gasteiger partial charge on any atom is 0.0540 e. The molecule has 0 spiro atoms. The van der Waals surface area contributed by atoms with Crippen LogP contribution in [0.3, 0.4) is 0 Å². The van der Waals surface area contributed by atoms with Gasteiger partial charge in [0, 0.05) is 17.7 Å². The summed E-state index contributed by atoms with van der Waals surface area (Å²) in [6, 6.07) is 18.6. The number of allylic oxidation sites excluding steroid dienone is 11. The van der Waals surface area contributed by atoms with Gasteiger partial charge in [0.15, 0.2) is 0 Å². The summed E-state index contributed by atoms with van der Waals surface area (Å²) >= 11 is 0. The van der Waals surface area contributed by atoms with Crippen molar-refractivity contribution in [3.05, 3.63) is 153 Å². The molecule has 0 fully saturated rings. The van der Waals surface area contributed by atoms with Crippen LogP contribution in [-0.2, 0) is 12.8 Å². The number of nitrogens with zero attached hydrogens (tertiary/aromatic N) is 1. The van der Waals surface area contributed by atoms with Gasteiger partial charge in [-0.1, -0.05) is 133 Å². The molecule has 3 aromatic carbocycles. The first kappa shape index (κ1) is 33.5. The summed E-state index contributed by atoms with van der Waals surface area (Å²) in [5, 5.41) is 0. The number of hydrogen-bond acceptors (Lipinski definition) is 1. The lowest BCUT2D eigenvalue weighted by atomic mass is 9.79. The average Bonchev–Trinajstić information content (AvgIpc) is 3.43.